The quantitative estimate of drug-likeness (QED) is 0.829. The van der Waals surface area contributed by atoms with Crippen LogP contribution in [-0.4, -0.2) is 24.7 Å². The lowest BCUT2D eigenvalue weighted by Crippen LogP contribution is -2.04. The first-order valence-electron chi connectivity index (χ1n) is 6.22. The average molecular weight is 292 g/mol. The van der Waals surface area contributed by atoms with E-state index < -0.39 is 0 Å². The number of hydrogen-bond donors (Lipinski definition) is 1. The molecule has 2 aromatic rings. The summed E-state index contributed by atoms with van der Waals surface area (Å²) in [6.07, 6.45) is 0.192. The van der Waals surface area contributed by atoms with Crippen LogP contribution in [0, 0.1) is 0 Å². The number of anilines is 2. The van der Waals surface area contributed by atoms with Crippen LogP contribution in [0.5, 0.6) is 5.75 Å². The number of thiazole rings is 1. The summed E-state index contributed by atoms with van der Waals surface area (Å²) in [5, 5.41) is 5.77. The SMILES string of the molecule is CCOc1ccc(Nc2nc(CC(=O)OC)cs2)cc1. The molecule has 0 unspecified atom stereocenters. The van der Waals surface area contributed by atoms with Gasteiger partial charge in [0.25, 0.3) is 0 Å². The number of esters is 1. The van der Waals surface area contributed by atoms with Crippen LogP contribution in [0.25, 0.3) is 0 Å². The van der Waals surface area contributed by atoms with Crippen molar-refractivity contribution in [1.29, 1.82) is 0 Å². The minimum atomic E-state index is -0.289. The number of benzene rings is 1. The molecule has 0 bridgehead atoms. The predicted octanol–water partition coefficient (Wildman–Crippen LogP) is 3.00. The van der Waals surface area contributed by atoms with Crippen molar-refractivity contribution in [2.24, 2.45) is 0 Å². The Morgan fingerprint density at radius 3 is 2.75 bits per heavy atom. The van der Waals surface area contributed by atoms with Crippen LogP contribution >= 0.6 is 11.3 Å². The lowest BCUT2D eigenvalue weighted by Gasteiger charge is -2.05. The van der Waals surface area contributed by atoms with Gasteiger partial charge in [0.05, 0.1) is 25.8 Å². The normalized spacial score (nSPS) is 10.1. The molecule has 2 rings (SSSR count). The summed E-state index contributed by atoms with van der Waals surface area (Å²) in [7, 11) is 1.37. The third-order valence-corrected chi connectivity index (χ3v) is 3.33. The Labute approximate surface area is 121 Å². The molecule has 1 aromatic carbocycles. The highest BCUT2D eigenvalue weighted by molar-refractivity contribution is 7.13. The molecule has 106 valence electrons. The van der Waals surface area contributed by atoms with Crippen molar-refractivity contribution in [2.45, 2.75) is 13.3 Å². The molecule has 0 aliphatic heterocycles. The standard InChI is InChI=1S/C14H16N2O3S/c1-3-19-12-6-4-10(5-7-12)15-14-16-11(9-20-14)8-13(17)18-2/h4-7,9H,3,8H2,1-2H3,(H,15,16). The minimum Gasteiger partial charge on any atom is -0.494 e. The summed E-state index contributed by atoms with van der Waals surface area (Å²) in [5.41, 5.74) is 1.63. The Hall–Kier alpha value is -2.08. The van der Waals surface area contributed by atoms with Gasteiger partial charge in [-0.05, 0) is 31.2 Å². The molecule has 20 heavy (non-hydrogen) atoms. The van der Waals surface area contributed by atoms with Crippen LogP contribution in [0.4, 0.5) is 10.8 Å². The van der Waals surface area contributed by atoms with E-state index in [0.717, 1.165) is 16.6 Å². The number of nitrogens with zero attached hydrogens (tertiary/aromatic N) is 1. The maximum absolute atomic E-state index is 11.2. The van der Waals surface area contributed by atoms with Gasteiger partial charge in [-0.25, -0.2) is 4.98 Å². The van der Waals surface area contributed by atoms with Crippen LogP contribution in [0.3, 0.4) is 0 Å². The molecule has 0 amide bonds. The highest BCUT2D eigenvalue weighted by Gasteiger charge is 2.07. The Morgan fingerprint density at radius 2 is 2.10 bits per heavy atom. The number of carbonyl (C=O) groups excluding carboxylic acids is 1. The average Bonchev–Trinajstić information content (AvgIpc) is 2.88. The molecule has 1 heterocycles. The fourth-order valence-electron chi connectivity index (χ4n) is 1.59. The minimum absolute atomic E-state index is 0.192. The summed E-state index contributed by atoms with van der Waals surface area (Å²) in [5.74, 6) is 0.548. The predicted molar refractivity (Wildman–Crippen MR) is 78.7 cm³/mol. The molecular formula is C14H16N2O3S. The first kappa shape index (κ1) is 14.3. The zero-order valence-electron chi connectivity index (χ0n) is 11.4. The van der Waals surface area contributed by atoms with Crippen molar-refractivity contribution < 1.29 is 14.3 Å². The third-order valence-electron chi connectivity index (χ3n) is 2.52. The van der Waals surface area contributed by atoms with E-state index in [1.165, 1.54) is 18.4 Å². The molecule has 0 aliphatic carbocycles. The van der Waals surface area contributed by atoms with Crippen molar-refractivity contribution in [1.82, 2.24) is 4.98 Å². The first-order valence-corrected chi connectivity index (χ1v) is 7.10. The van der Waals surface area contributed by atoms with Crippen LogP contribution in [0.1, 0.15) is 12.6 Å². The van der Waals surface area contributed by atoms with E-state index >= 15 is 0 Å². The second-order valence-corrected chi connectivity index (χ2v) is 4.84. The van der Waals surface area contributed by atoms with Crippen molar-refractivity contribution in [2.75, 3.05) is 19.0 Å². The second kappa shape index (κ2) is 6.91. The monoisotopic (exact) mass is 292 g/mol. The van der Waals surface area contributed by atoms with E-state index in [1.807, 2.05) is 36.6 Å². The van der Waals surface area contributed by atoms with Crippen LogP contribution < -0.4 is 10.1 Å². The number of aromatic nitrogens is 1. The van der Waals surface area contributed by atoms with E-state index in [-0.39, 0.29) is 12.4 Å². The van der Waals surface area contributed by atoms with Gasteiger partial charge in [0.1, 0.15) is 5.75 Å². The lowest BCUT2D eigenvalue weighted by molar-refractivity contribution is -0.139. The maximum atomic E-state index is 11.2. The molecule has 1 aromatic heterocycles. The summed E-state index contributed by atoms with van der Waals surface area (Å²) >= 11 is 1.45. The molecular weight excluding hydrogens is 276 g/mol. The van der Waals surface area contributed by atoms with Gasteiger partial charge in [0.2, 0.25) is 0 Å². The molecule has 0 radical (unpaired) electrons. The lowest BCUT2D eigenvalue weighted by atomic mass is 10.3. The zero-order chi connectivity index (χ0) is 14.4. The van der Waals surface area contributed by atoms with Gasteiger partial charge in [-0.3, -0.25) is 4.79 Å². The van der Waals surface area contributed by atoms with Crippen molar-refractivity contribution in [3.05, 3.63) is 35.3 Å². The van der Waals surface area contributed by atoms with E-state index in [1.54, 1.807) is 0 Å². The van der Waals surface area contributed by atoms with Gasteiger partial charge in [0, 0.05) is 11.1 Å². The number of nitrogens with one attached hydrogen (secondary N) is 1. The van der Waals surface area contributed by atoms with Gasteiger partial charge >= 0.3 is 5.97 Å². The van der Waals surface area contributed by atoms with Crippen molar-refractivity contribution >= 4 is 28.1 Å². The molecule has 0 aliphatic rings. The summed E-state index contributed by atoms with van der Waals surface area (Å²) < 4.78 is 9.99. The van der Waals surface area contributed by atoms with Crippen LogP contribution in [-0.2, 0) is 16.0 Å². The Kier molecular flexibility index (Phi) is 4.95. The smallest absolute Gasteiger partial charge is 0.311 e. The molecule has 0 saturated carbocycles. The van der Waals surface area contributed by atoms with Crippen molar-refractivity contribution in [3.63, 3.8) is 0 Å². The van der Waals surface area contributed by atoms with E-state index in [2.05, 4.69) is 15.0 Å². The van der Waals surface area contributed by atoms with Gasteiger partial charge < -0.3 is 14.8 Å². The number of ether oxygens (including phenoxy) is 2. The largest absolute Gasteiger partial charge is 0.494 e. The Bertz CT molecular complexity index is 566. The van der Waals surface area contributed by atoms with E-state index in [0.29, 0.717) is 12.3 Å². The molecule has 1 N–H and O–H groups in total. The number of hydrogen-bond acceptors (Lipinski definition) is 6. The summed E-state index contributed by atoms with van der Waals surface area (Å²) in [6.45, 7) is 2.60. The van der Waals surface area contributed by atoms with E-state index in [4.69, 9.17) is 4.74 Å². The topological polar surface area (TPSA) is 60.5 Å². The van der Waals surface area contributed by atoms with Crippen LogP contribution in [0.15, 0.2) is 29.6 Å². The molecule has 0 atom stereocenters. The molecule has 6 heteroatoms. The number of rotatable bonds is 6. The molecule has 5 nitrogen and oxygen atoms in total. The number of methoxy groups -OCH3 is 1. The molecule has 0 fully saturated rings. The fraction of sp³-hybridized carbons (Fsp3) is 0.286. The summed E-state index contributed by atoms with van der Waals surface area (Å²) in [4.78, 5) is 15.5. The second-order valence-electron chi connectivity index (χ2n) is 3.98. The van der Waals surface area contributed by atoms with Crippen LogP contribution in [0.2, 0.25) is 0 Å². The maximum Gasteiger partial charge on any atom is 0.311 e. The summed E-state index contributed by atoms with van der Waals surface area (Å²) in [6, 6.07) is 7.64. The Balaban J connectivity index is 1.97. The first-order chi connectivity index (χ1) is 9.71. The fourth-order valence-corrected chi connectivity index (χ4v) is 2.32. The number of carbonyl (C=O) groups is 1. The molecule has 0 saturated heterocycles. The van der Waals surface area contributed by atoms with Gasteiger partial charge in [0.15, 0.2) is 5.13 Å². The van der Waals surface area contributed by atoms with Gasteiger partial charge in [-0.1, -0.05) is 0 Å². The van der Waals surface area contributed by atoms with Gasteiger partial charge in [-0.15, -0.1) is 11.3 Å². The third kappa shape index (κ3) is 3.96. The van der Waals surface area contributed by atoms with Crippen molar-refractivity contribution in [3.8, 4) is 5.75 Å². The van der Waals surface area contributed by atoms with Gasteiger partial charge in [-0.2, -0.15) is 0 Å². The molecule has 0 spiro atoms. The van der Waals surface area contributed by atoms with E-state index in [9.17, 15) is 4.79 Å². The highest BCUT2D eigenvalue weighted by atomic mass is 32.1. The Morgan fingerprint density at radius 1 is 1.35 bits per heavy atom. The highest BCUT2D eigenvalue weighted by Crippen LogP contribution is 2.23. The zero-order valence-corrected chi connectivity index (χ0v) is 12.2.